The molecule has 4 aromatic rings. The van der Waals surface area contributed by atoms with Gasteiger partial charge in [-0.05, 0) is 66.9 Å². The number of likely N-dealkylation sites (N-methyl/N-ethyl adjacent to an activating group) is 1. The van der Waals surface area contributed by atoms with Gasteiger partial charge in [0.2, 0.25) is 11.8 Å². The molecule has 0 spiro atoms. The van der Waals surface area contributed by atoms with Gasteiger partial charge in [0.05, 0.1) is 17.7 Å². The molecule has 43 heavy (non-hydrogen) atoms. The van der Waals surface area contributed by atoms with Crippen LogP contribution in [-0.4, -0.2) is 51.9 Å². The Bertz CT molecular complexity index is 1660. The van der Waals surface area contributed by atoms with Gasteiger partial charge in [-0.2, -0.15) is 0 Å². The second-order valence-electron chi connectivity index (χ2n) is 10.4. The van der Waals surface area contributed by atoms with Gasteiger partial charge in [-0.25, -0.2) is 8.42 Å². The Hall–Kier alpha value is -4.63. The van der Waals surface area contributed by atoms with Crippen LogP contribution in [0.25, 0.3) is 0 Å². The molecule has 0 saturated carbocycles. The first-order valence-corrected chi connectivity index (χ1v) is 15.4. The quantitative estimate of drug-likeness (QED) is 0.250. The van der Waals surface area contributed by atoms with Gasteiger partial charge in [-0.1, -0.05) is 72.3 Å². The lowest BCUT2D eigenvalue weighted by atomic mass is 10.0. The number of rotatable bonds is 12. The molecule has 224 valence electrons. The fourth-order valence-electron chi connectivity index (χ4n) is 4.84. The monoisotopic (exact) mass is 599 g/mol. The molecule has 0 heterocycles. The highest BCUT2D eigenvalue weighted by molar-refractivity contribution is 7.92. The van der Waals surface area contributed by atoms with E-state index in [1.54, 1.807) is 49.6 Å². The fourth-order valence-corrected chi connectivity index (χ4v) is 6.24. The molecule has 2 amide bonds. The number of carbonyl (C=O) groups is 2. The third-order valence-corrected chi connectivity index (χ3v) is 8.97. The third kappa shape index (κ3) is 7.81. The van der Waals surface area contributed by atoms with Crippen molar-refractivity contribution in [1.29, 1.82) is 0 Å². The first-order valence-electron chi connectivity index (χ1n) is 14.0. The van der Waals surface area contributed by atoms with Crippen molar-refractivity contribution in [2.75, 3.05) is 25.0 Å². The molecular formula is C34H37N3O5S. The summed E-state index contributed by atoms with van der Waals surface area (Å²) in [6.07, 6.45) is 0.241. The maximum atomic E-state index is 14.4. The van der Waals surface area contributed by atoms with Crippen LogP contribution < -0.4 is 14.4 Å². The summed E-state index contributed by atoms with van der Waals surface area (Å²) in [6.45, 7) is 3.29. The molecule has 0 aliphatic heterocycles. The topological polar surface area (TPSA) is 96.0 Å². The highest BCUT2D eigenvalue weighted by Gasteiger charge is 2.34. The zero-order valence-electron chi connectivity index (χ0n) is 24.9. The Balaban J connectivity index is 1.79. The largest absolute Gasteiger partial charge is 0.497 e. The van der Waals surface area contributed by atoms with Crippen LogP contribution in [0.1, 0.15) is 22.3 Å². The van der Waals surface area contributed by atoms with Gasteiger partial charge in [0, 0.05) is 20.0 Å². The van der Waals surface area contributed by atoms with E-state index < -0.39 is 28.5 Å². The van der Waals surface area contributed by atoms with Crippen molar-refractivity contribution < 1.29 is 22.7 Å². The van der Waals surface area contributed by atoms with Gasteiger partial charge in [0.1, 0.15) is 18.3 Å². The third-order valence-electron chi connectivity index (χ3n) is 7.18. The summed E-state index contributed by atoms with van der Waals surface area (Å²) in [5.41, 5.74) is 3.71. The fraction of sp³-hybridized carbons (Fsp3) is 0.235. The van der Waals surface area contributed by atoms with Crippen LogP contribution in [0, 0.1) is 13.8 Å². The molecule has 8 nitrogen and oxygen atoms in total. The molecule has 1 N–H and O–H groups in total. The molecule has 0 unspecified atom stereocenters. The van der Waals surface area contributed by atoms with E-state index in [2.05, 4.69) is 5.32 Å². The molecule has 4 rings (SSSR count). The standard InChI is InChI=1S/C34H37N3O5S/c1-25-16-18-31(19-17-25)43(40,41)37(29-14-8-10-26(2)20-29)24-33(38)36(23-28-13-9-15-30(21-28)42-4)32(34(39)35-3)22-27-11-6-5-7-12-27/h5-21,32H,22-24H2,1-4H3,(H,35,39)/t32-/m1/s1. The van der Waals surface area contributed by atoms with Crippen LogP contribution >= 0.6 is 0 Å². The number of nitrogens with one attached hydrogen (secondary N) is 1. The molecule has 0 radical (unpaired) electrons. The van der Waals surface area contributed by atoms with Crippen LogP contribution in [-0.2, 0) is 32.6 Å². The van der Waals surface area contributed by atoms with Crippen molar-refractivity contribution in [2.24, 2.45) is 0 Å². The van der Waals surface area contributed by atoms with E-state index in [9.17, 15) is 18.0 Å². The summed E-state index contributed by atoms with van der Waals surface area (Å²) in [7, 11) is -1.07. The van der Waals surface area contributed by atoms with Gasteiger partial charge in [0.15, 0.2) is 0 Å². The summed E-state index contributed by atoms with van der Waals surface area (Å²) >= 11 is 0. The molecule has 1 atom stereocenters. The predicted octanol–water partition coefficient (Wildman–Crippen LogP) is 4.89. The Morgan fingerprint density at radius 3 is 2.14 bits per heavy atom. The van der Waals surface area contributed by atoms with Crippen LogP contribution in [0.3, 0.4) is 0 Å². The summed E-state index contributed by atoms with van der Waals surface area (Å²) < 4.78 is 34.6. The molecule has 0 aliphatic rings. The smallest absolute Gasteiger partial charge is 0.264 e. The van der Waals surface area contributed by atoms with Crippen LogP contribution in [0.15, 0.2) is 108 Å². The number of nitrogens with zero attached hydrogens (tertiary/aromatic N) is 2. The maximum Gasteiger partial charge on any atom is 0.264 e. The van der Waals surface area contributed by atoms with Crippen LogP contribution in [0.2, 0.25) is 0 Å². The average Bonchev–Trinajstić information content (AvgIpc) is 3.01. The Kier molecular flexibility index (Phi) is 10.2. The van der Waals surface area contributed by atoms with Gasteiger partial charge < -0.3 is 15.0 Å². The lowest BCUT2D eigenvalue weighted by molar-refractivity contribution is -0.139. The second-order valence-corrected chi connectivity index (χ2v) is 12.2. The molecule has 9 heteroatoms. The van der Waals surface area contributed by atoms with Crippen molar-refractivity contribution in [2.45, 2.75) is 37.8 Å². The number of carbonyl (C=O) groups excluding carboxylic acids is 2. The molecular weight excluding hydrogens is 562 g/mol. The van der Waals surface area contributed by atoms with E-state index in [1.165, 1.54) is 24.1 Å². The van der Waals surface area contributed by atoms with Crippen molar-refractivity contribution in [1.82, 2.24) is 10.2 Å². The van der Waals surface area contributed by atoms with E-state index >= 15 is 0 Å². The molecule has 0 saturated heterocycles. The molecule has 0 bridgehead atoms. The van der Waals surface area contributed by atoms with Crippen molar-refractivity contribution in [3.05, 3.63) is 125 Å². The number of hydrogen-bond acceptors (Lipinski definition) is 5. The van der Waals surface area contributed by atoms with Gasteiger partial charge in [0.25, 0.3) is 10.0 Å². The van der Waals surface area contributed by atoms with Crippen LogP contribution in [0.5, 0.6) is 5.75 Å². The predicted molar refractivity (Wildman–Crippen MR) is 168 cm³/mol. The molecule has 4 aromatic carbocycles. The van der Waals surface area contributed by atoms with Gasteiger partial charge in [-0.3, -0.25) is 13.9 Å². The van der Waals surface area contributed by atoms with Crippen molar-refractivity contribution >= 4 is 27.5 Å². The van der Waals surface area contributed by atoms with Crippen molar-refractivity contribution in [3.63, 3.8) is 0 Å². The number of methoxy groups -OCH3 is 1. The number of anilines is 1. The van der Waals surface area contributed by atoms with Crippen LogP contribution in [0.4, 0.5) is 5.69 Å². The minimum atomic E-state index is -4.14. The zero-order chi connectivity index (χ0) is 31.0. The van der Waals surface area contributed by atoms with Gasteiger partial charge in [-0.15, -0.1) is 0 Å². The first-order chi connectivity index (χ1) is 20.6. The lowest BCUT2D eigenvalue weighted by Gasteiger charge is -2.33. The SMILES string of the molecule is CNC(=O)[C@@H](Cc1ccccc1)N(Cc1cccc(OC)c1)C(=O)CN(c1cccc(C)c1)S(=O)(=O)c1ccc(C)cc1. The van der Waals surface area contributed by atoms with Crippen molar-refractivity contribution in [3.8, 4) is 5.75 Å². The summed E-state index contributed by atoms with van der Waals surface area (Å²) in [4.78, 5) is 29.2. The van der Waals surface area contributed by atoms with E-state index in [0.29, 0.717) is 11.4 Å². The average molecular weight is 600 g/mol. The number of ether oxygens (including phenoxy) is 1. The Morgan fingerprint density at radius 1 is 0.814 bits per heavy atom. The highest BCUT2D eigenvalue weighted by atomic mass is 32.2. The Morgan fingerprint density at radius 2 is 1.49 bits per heavy atom. The number of sulfonamides is 1. The lowest BCUT2D eigenvalue weighted by Crippen LogP contribution is -2.53. The molecule has 0 fully saturated rings. The normalized spacial score (nSPS) is 11.8. The first kappa shape index (κ1) is 31.3. The van der Waals surface area contributed by atoms with Gasteiger partial charge >= 0.3 is 0 Å². The number of amides is 2. The van der Waals surface area contributed by atoms with E-state index in [1.807, 2.05) is 62.4 Å². The molecule has 0 aliphatic carbocycles. The van der Waals surface area contributed by atoms with E-state index in [-0.39, 0.29) is 23.8 Å². The minimum absolute atomic E-state index is 0.0627. The zero-order valence-corrected chi connectivity index (χ0v) is 25.7. The van der Waals surface area contributed by atoms with E-state index in [0.717, 1.165) is 26.6 Å². The summed E-state index contributed by atoms with van der Waals surface area (Å²) in [5, 5.41) is 2.69. The minimum Gasteiger partial charge on any atom is -0.497 e. The summed E-state index contributed by atoms with van der Waals surface area (Å²) in [5.74, 6) is -0.277. The highest BCUT2D eigenvalue weighted by Crippen LogP contribution is 2.26. The Labute approximate surface area is 254 Å². The van der Waals surface area contributed by atoms with E-state index in [4.69, 9.17) is 4.74 Å². The number of hydrogen-bond donors (Lipinski definition) is 1. The summed E-state index contributed by atoms with van der Waals surface area (Å²) in [6, 6.07) is 29.3. The number of benzene rings is 4. The second kappa shape index (κ2) is 14.0. The maximum absolute atomic E-state index is 14.4. The number of aryl methyl sites for hydroxylation is 2. The molecule has 0 aromatic heterocycles.